The normalized spacial score (nSPS) is 16.4. The summed E-state index contributed by atoms with van der Waals surface area (Å²) in [5, 5.41) is 6.68. The van der Waals surface area contributed by atoms with Gasteiger partial charge < -0.3 is 20.4 Å². The van der Waals surface area contributed by atoms with Gasteiger partial charge in [0.2, 0.25) is 5.91 Å². The van der Waals surface area contributed by atoms with Gasteiger partial charge in [0.1, 0.15) is 12.4 Å². The van der Waals surface area contributed by atoms with Crippen molar-refractivity contribution in [2.24, 2.45) is 4.99 Å². The third-order valence-corrected chi connectivity index (χ3v) is 4.52. The zero-order chi connectivity index (χ0) is 20.0. The summed E-state index contributed by atoms with van der Waals surface area (Å²) in [7, 11) is 3.41. The molecule has 0 bridgehead atoms. The van der Waals surface area contributed by atoms with E-state index in [0.29, 0.717) is 12.5 Å². The third kappa shape index (κ3) is 7.46. The number of hydrogen-bond donors (Lipinski definition) is 2. The summed E-state index contributed by atoms with van der Waals surface area (Å²) in [4.78, 5) is 19.8. The monoisotopic (exact) mass is 523 g/mol. The zero-order valence-corrected chi connectivity index (χ0v) is 19.6. The van der Waals surface area contributed by atoms with Crippen molar-refractivity contribution < 1.29 is 9.18 Å². The largest absolute Gasteiger partial charge is 0.369 e. The molecule has 0 radical (unpaired) electrons. The van der Waals surface area contributed by atoms with E-state index >= 15 is 0 Å². The van der Waals surface area contributed by atoms with Crippen LogP contribution >= 0.6 is 35.6 Å². The lowest BCUT2D eigenvalue weighted by Gasteiger charge is -2.21. The number of anilines is 1. The first-order valence-corrected chi connectivity index (χ1v) is 9.23. The van der Waals surface area contributed by atoms with Crippen LogP contribution in [-0.2, 0) is 4.79 Å². The number of likely N-dealkylation sites (N-methyl/N-ethyl adjacent to an activating group) is 1. The summed E-state index contributed by atoms with van der Waals surface area (Å²) in [5.41, 5.74) is 1.86. The van der Waals surface area contributed by atoms with Crippen LogP contribution in [0.3, 0.4) is 0 Å². The molecule has 0 aromatic heterocycles. The van der Waals surface area contributed by atoms with Crippen molar-refractivity contribution in [2.75, 3.05) is 45.2 Å². The Morgan fingerprint density at radius 1 is 1.46 bits per heavy atom. The maximum Gasteiger partial charge on any atom is 0.243 e. The van der Waals surface area contributed by atoms with E-state index in [2.05, 4.69) is 27.1 Å². The minimum absolute atomic E-state index is 0. The molecule has 0 aliphatic carbocycles. The van der Waals surface area contributed by atoms with Crippen LogP contribution < -0.4 is 15.5 Å². The van der Waals surface area contributed by atoms with E-state index in [4.69, 9.17) is 11.6 Å². The van der Waals surface area contributed by atoms with E-state index in [9.17, 15) is 9.18 Å². The molecule has 1 aromatic carbocycles. The van der Waals surface area contributed by atoms with Gasteiger partial charge in [-0.15, -0.1) is 24.0 Å². The van der Waals surface area contributed by atoms with Crippen molar-refractivity contribution in [1.82, 2.24) is 15.5 Å². The molecule has 1 saturated heterocycles. The second kappa shape index (κ2) is 11.5. The van der Waals surface area contributed by atoms with Crippen LogP contribution in [-0.4, -0.2) is 63.1 Å². The van der Waals surface area contributed by atoms with E-state index in [1.165, 1.54) is 11.0 Å². The highest BCUT2D eigenvalue weighted by Gasteiger charge is 2.24. The fourth-order valence-corrected chi connectivity index (χ4v) is 2.84. The van der Waals surface area contributed by atoms with Gasteiger partial charge in [0.15, 0.2) is 5.96 Å². The Morgan fingerprint density at radius 3 is 2.79 bits per heavy atom. The second-order valence-corrected chi connectivity index (χ2v) is 7.35. The highest BCUT2D eigenvalue weighted by atomic mass is 127. The van der Waals surface area contributed by atoms with E-state index in [1.54, 1.807) is 26.2 Å². The van der Waals surface area contributed by atoms with Crippen LogP contribution in [0.1, 0.15) is 13.3 Å². The van der Waals surface area contributed by atoms with Gasteiger partial charge in [-0.05, 0) is 31.5 Å². The predicted octanol–water partition coefficient (Wildman–Crippen LogP) is 2.88. The molecule has 1 aliphatic rings. The van der Waals surface area contributed by atoms with Gasteiger partial charge in [0, 0.05) is 45.5 Å². The van der Waals surface area contributed by atoms with Gasteiger partial charge in [-0.2, -0.15) is 0 Å². The Hall–Kier alpha value is -1.55. The van der Waals surface area contributed by atoms with Crippen molar-refractivity contribution >= 4 is 53.1 Å². The summed E-state index contributed by atoms with van der Waals surface area (Å²) in [6, 6.07) is 4.91. The number of rotatable bonds is 6. The van der Waals surface area contributed by atoms with Crippen LogP contribution in [0.5, 0.6) is 0 Å². The lowest BCUT2D eigenvalue weighted by molar-refractivity contribution is -0.127. The van der Waals surface area contributed by atoms with Crippen molar-refractivity contribution in [3.8, 4) is 0 Å². The third-order valence-electron chi connectivity index (χ3n) is 4.23. The molecule has 9 heteroatoms. The Morgan fingerprint density at radius 2 is 2.18 bits per heavy atom. The topological polar surface area (TPSA) is 60.0 Å². The molecule has 2 N–H and O–H groups in total. The fourth-order valence-electron chi connectivity index (χ4n) is 2.66. The van der Waals surface area contributed by atoms with Crippen molar-refractivity contribution in [3.63, 3.8) is 0 Å². The zero-order valence-electron chi connectivity index (χ0n) is 16.5. The number of carbonyl (C=O) groups is 1. The Balaban J connectivity index is 0.00000392. The molecule has 1 fully saturated rings. The maximum absolute atomic E-state index is 13.4. The van der Waals surface area contributed by atoms with Crippen molar-refractivity contribution in [3.05, 3.63) is 41.2 Å². The van der Waals surface area contributed by atoms with E-state index in [-0.39, 0.29) is 47.5 Å². The number of nitrogens with one attached hydrogen (secondary N) is 2. The van der Waals surface area contributed by atoms with Crippen molar-refractivity contribution in [2.45, 2.75) is 19.4 Å². The number of nitrogens with zero attached hydrogens (tertiary/aromatic N) is 3. The lowest BCUT2D eigenvalue weighted by Crippen LogP contribution is -2.45. The summed E-state index contributed by atoms with van der Waals surface area (Å²) in [5.74, 6) is 0.0934. The number of carbonyl (C=O) groups excluding carboxylic acids is 1. The molecule has 1 aromatic rings. The van der Waals surface area contributed by atoms with E-state index < -0.39 is 5.82 Å². The molecule has 1 aliphatic heterocycles. The summed E-state index contributed by atoms with van der Waals surface area (Å²) in [6.07, 6.45) is 0.893. The first-order valence-electron chi connectivity index (χ1n) is 8.85. The Bertz CT molecular complexity index is 728. The van der Waals surface area contributed by atoms with Gasteiger partial charge in [-0.3, -0.25) is 4.79 Å². The molecular formula is C19H28ClFIN5O. The maximum atomic E-state index is 13.4. The first kappa shape index (κ1) is 24.5. The van der Waals surface area contributed by atoms with Crippen LogP contribution in [0.15, 0.2) is 35.3 Å². The highest BCUT2D eigenvalue weighted by molar-refractivity contribution is 14.0. The average molecular weight is 524 g/mol. The number of guanidine groups is 1. The van der Waals surface area contributed by atoms with Gasteiger partial charge in [0.05, 0.1) is 5.02 Å². The number of benzene rings is 1. The fraction of sp³-hybridized carbons (Fsp3) is 0.474. The van der Waals surface area contributed by atoms with Gasteiger partial charge in [0.25, 0.3) is 0 Å². The molecular weight excluding hydrogens is 496 g/mol. The molecule has 1 unspecified atom stereocenters. The SMILES string of the molecule is C=C(C)CNC(=NCC(=O)N(C)C)NC1CCN(c2ccc(F)c(Cl)c2)C1.I. The molecule has 1 amide bonds. The molecule has 6 nitrogen and oxygen atoms in total. The summed E-state index contributed by atoms with van der Waals surface area (Å²) < 4.78 is 13.4. The minimum atomic E-state index is -0.418. The van der Waals surface area contributed by atoms with Crippen molar-refractivity contribution in [1.29, 1.82) is 0 Å². The number of aliphatic imine (C=N–C) groups is 1. The van der Waals surface area contributed by atoms with Gasteiger partial charge in [-0.25, -0.2) is 9.38 Å². The van der Waals surface area contributed by atoms with Crippen LogP contribution in [0.25, 0.3) is 0 Å². The number of hydrogen-bond acceptors (Lipinski definition) is 3. The molecule has 2 rings (SSSR count). The molecule has 0 saturated carbocycles. The predicted molar refractivity (Wildman–Crippen MR) is 124 cm³/mol. The van der Waals surface area contributed by atoms with E-state index in [1.807, 2.05) is 6.92 Å². The highest BCUT2D eigenvalue weighted by Crippen LogP contribution is 2.25. The molecule has 156 valence electrons. The van der Waals surface area contributed by atoms with Crippen LogP contribution in [0, 0.1) is 5.82 Å². The van der Waals surface area contributed by atoms with E-state index in [0.717, 1.165) is 30.8 Å². The standard InChI is InChI=1S/C19H27ClFN5O.HI/c1-13(2)10-22-19(23-11-18(27)25(3)4)24-14-7-8-26(12-14)15-5-6-17(21)16(20)9-15;/h5-6,9,14H,1,7-8,10-12H2,2-4H3,(H2,22,23,24);1H. The molecule has 0 spiro atoms. The van der Waals surface area contributed by atoms with Crippen LogP contribution in [0.4, 0.5) is 10.1 Å². The average Bonchev–Trinajstić information content (AvgIpc) is 3.07. The molecule has 1 heterocycles. The van der Waals surface area contributed by atoms with Crippen LogP contribution in [0.2, 0.25) is 5.02 Å². The summed E-state index contributed by atoms with van der Waals surface area (Å²) >= 11 is 5.89. The molecule has 1 atom stereocenters. The summed E-state index contributed by atoms with van der Waals surface area (Å²) in [6.45, 7) is 8.00. The second-order valence-electron chi connectivity index (χ2n) is 6.94. The lowest BCUT2D eigenvalue weighted by atomic mass is 10.2. The number of amides is 1. The van der Waals surface area contributed by atoms with Gasteiger partial charge in [-0.1, -0.05) is 23.8 Å². The molecule has 28 heavy (non-hydrogen) atoms. The number of halogens is 3. The Labute approximate surface area is 188 Å². The van der Waals surface area contributed by atoms with Gasteiger partial charge >= 0.3 is 0 Å². The minimum Gasteiger partial charge on any atom is -0.369 e. The smallest absolute Gasteiger partial charge is 0.243 e. The first-order chi connectivity index (χ1) is 12.8. The Kier molecular flexibility index (Phi) is 10.0. The quantitative estimate of drug-likeness (QED) is 0.261.